The van der Waals surface area contributed by atoms with E-state index in [9.17, 15) is 32.6 Å². The van der Waals surface area contributed by atoms with Crippen LogP contribution in [-0.4, -0.2) is 46.4 Å². The second-order valence-corrected chi connectivity index (χ2v) is 9.52. The lowest BCUT2D eigenvalue weighted by molar-refractivity contribution is -0.207. The Morgan fingerprint density at radius 2 is 1.66 bits per heavy atom. The standard InChI is InChI=1S/C23H18Cl3F4N5O3/c1-11(36)21-31-18(35(32-21)16-7-14(25)6-15(27)8-16)10-34-20(26)19(12-2-4-13(24)5-3-12)33(22(34)38)9-17(37)23(28,29)30/h2-8,11,17,36-37H,9-10H2,1H3/t11-,17-/m0/s1. The van der Waals surface area contributed by atoms with Gasteiger partial charge in [0.25, 0.3) is 0 Å². The first-order chi connectivity index (χ1) is 17.8. The van der Waals surface area contributed by atoms with Gasteiger partial charge in [0.1, 0.15) is 17.1 Å². The largest absolute Gasteiger partial charge is 0.416 e. The third kappa shape index (κ3) is 5.74. The molecule has 0 unspecified atom stereocenters. The number of aliphatic hydroxyl groups excluding tert-OH is 2. The molecule has 0 saturated carbocycles. The molecule has 0 aliphatic carbocycles. The van der Waals surface area contributed by atoms with Gasteiger partial charge in [0.15, 0.2) is 17.8 Å². The van der Waals surface area contributed by atoms with Crippen LogP contribution in [0.25, 0.3) is 16.9 Å². The van der Waals surface area contributed by atoms with Gasteiger partial charge < -0.3 is 10.2 Å². The fraction of sp³-hybridized carbons (Fsp3) is 0.261. The molecule has 38 heavy (non-hydrogen) atoms. The smallest absolute Gasteiger partial charge is 0.385 e. The predicted octanol–water partition coefficient (Wildman–Crippen LogP) is 5.02. The molecule has 2 N–H and O–H groups in total. The summed E-state index contributed by atoms with van der Waals surface area (Å²) >= 11 is 18.4. The highest BCUT2D eigenvalue weighted by Gasteiger charge is 2.39. The Morgan fingerprint density at radius 1 is 1.00 bits per heavy atom. The molecule has 0 spiro atoms. The van der Waals surface area contributed by atoms with Gasteiger partial charge in [-0.2, -0.15) is 13.2 Å². The number of nitrogens with zero attached hydrogens (tertiary/aromatic N) is 5. The zero-order valence-corrected chi connectivity index (χ0v) is 21.6. The summed E-state index contributed by atoms with van der Waals surface area (Å²) in [5.74, 6) is -0.780. The lowest BCUT2D eigenvalue weighted by atomic mass is 10.1. The molecule has 2 aromatic carbocycles. The zero-order chi connectivity index (χ0) is 27.9. The lowest BCUT2D eigenvalue weighted by Gasteiger charge is -2.16. The van der Waals surface area contributed by atoms with Crippen LogP contribution in [0.4, 0.5) is 17.6 Å². The first kappa shape index (κ1) is 28.1. The Bertz CT molecular complexity index is 1510. The Morgan fingerprint density at radius 3 is 2.24 bits per heavy atom. The summed E-state index contributed by atoms with van der Waals surface area (Å²) in [4.78, 5) is 17.6. The lowest BCUT2D eigenvalue weighted by Crippen LogP contribution is -2.37. The van der Waals surface area contributed by atoms with E-state index in [0.717, 1.165) is 21.4 Å². The van der Waals surface area contributed by atoms with Crippen LogP contribution in [0.3, 0.4) is 0 Å². The van der Waals surface area contributed by atoms with Crippen LogP contribution in [0.1, 0.15) is 24.7 Å². The van der Waals surface area contributed by atoms with Crippen molar-refractivity contribution in [1.82, 2.24) is 23.9 Å². The Hall–Kier alpha value is -2.90. The maximum atomic E-state index is 14.1. The normalized spacial score (nSPS) is 13.6. The fourth-order valence-corrected chi connectivity index (χ4v) is 4.37. The minimum atomic E-state index is -5.01. The van der Waals surface area contributed by atoms with Crippen LogP contribution in [0, 0.1) is 5.82 Å². The van der Waals surface area contributed by atoms with E-state index in [-0.39, 0.29) is 38.8 Å². The average molecular weight is 595 g/mol. The van der Waals surface area contributed by atoms with E-state index in [1.165, 1.54) is 37.3 Å². The Balaban J connectivity index is 1.89. The van der Waals surface area contributed by atoms with Crippen molar-refractivity contribution in [3.63, 3.8) is 0 Å². The van der Waals surface area contributed by atoms with Crippen LogP contribution in [0.2, 0.25) is 15.2 Å². The van der Waals surface area contributed by atoms with Crippen molar-refractivity contribution >= 4 is 34.8 Å². The average Bonchev–Trinajstić information content (AvgIpc) is 3.34. The van der Waals surface area contributed by atoms with E-state index in [1.54, 1.807) is 0 Å². The molecule has 0 radical (unpaired) electrons. The molecule has 4 aromatic rings. The number of alkyl halides is 3. The first-order valence-electron chi connectivity index (χ1n) is 10.9. The van der Waals surface area contributed by atoms with Gasteiger partial charge in [0.05, 0.1) is 24.5 Å². The van der Waals surface area contributed by atoms with Crippen molar-refractivity contribution in [3.8, 4) is 16.9 Å². The maximum Gasteiger partial charge on any atom is 0.416 e. The highest BCUT2D eigenvalue weighted by Crippen LogP contribution is 2.31. The number of benzene rings is 2. The van der Waals surface area contributed by atoms with Crippen molar-refractivity contribution in [2.24, 2.45) is 0 Å². The number of aliphatic hydroxyl groups is 2. The molecule has 0 aliphatic rings. The summed E-state index contributed by atoms with van der Waals surface area (Å²) in [6.45, 7) is -0.200. The van der Waals surface area contributed by atoms with Crippen molar-refractivity contribution in [2.75, 3.05) is 0 Å². The zero-order valence-electron chi connectivity index (χ0n) is 19.3. The number of rotatable bonds is 7. The SMILES string of the molecule is C[C@H](O)c1nc(Cn2c(Cl)c(-c3ccc(Cl)cc3)n(C[C@H](O)C(F)(F)F)c2=O)n(-c2cc(F)cc(Cl)c2)n1. The van der Waals surface area contributed by atoms with Gasteiger partial charge in [-0.1, -0.05) is 46.9 Å². The van der Waals surface area contributed by atoms with Crippen LogP contribution in [-0.2, 0) is 13.1 Å². The van der Waals surface area contributed by atoms with Gasteiger partial charge in [-0.25, -0.2) is 18.9 Å². The molecule has 0 aliphatic heterocycles. The fourth-order valence-electron chi connectivity index (χ4n) is 3.68. The summed E-state index contributed by atoms with van der Waals surface area (Å²) in [5, 5.41) is 24.0. The van der Waals surface area contributed by atoms with Gasteiger partial charge in [0.2, 0.25) is 0 Å². The quantitative estimate of drug-likeness (QED) is 0.293. The van der Waals surface area contributed by atoms with Gasteiger partial charge in [0, 0.05) is 15.6 Å². The van der Waals surface area contributed by atoms with E-state index in [1.807, 2.05) is 0 Å². The summed E-state index contributed by atoms with van der Waals surface area (Å²) < 4.78 is 56.3. The number of aromatic nitrogens is 5. The van der Waals surface area contributed by atoms with Crippen LogP contribution >= 0.6 is 34.8 Å². The van der Waals surface area contributed by atoms with Crippen LogP contribution in [0.15, 0.2) is 47.3 Å². The number of imidazole rings is 1. The monoisotopic (exact) mass is 593 g/mol. The van der Waals surface area contributed by atoms with E-state index in [4.69, 9.17) is 34.8 Å². The molecule has 202 valence electrons. The molecule has 4 rings (SSSR count). The van der Waals surface area contributed by atoms with Crippen LogP contribution in [0.5, 0.6) is 0 Å². The summed E-state index contributed by atoms with van der Waals surface area (Å²) in [7, 11) is 0. The summed E-state index contributed by atoms with van der Waals surface area (Å²) in [6.07, 6.45) is -9.02. The van der Waals surface area contributed by atoms with E-state index < -0.39 is 43.0 Å². The molecule has 2 heterocycles. The molecular weight excluding hydrogens is 577 g/mol. The van der Waals surface area contributed by atoms with Gasteiger partial charge in [-0.15, -0.1) is 5.10 Å². The van der Waals surface area contributed by atoms with E-state index in [0.29, 0.717) is 9.59 Å². The molecule has 8 nitrogen and oxygen atoms in total. The summed E-state index contributed by atoms with van der Waals surface area (Å²) in [6, 6.07) is 9.33. The maximum absolute atomic E-state index is 14.1. The number of halogens is 7. The minimum absolute atomic E-state index is 0.0113. The number of hydrogen-bond acceptors (Lipinski definition) is 5. The van der Waals surface area contributed by atoms with Gasteiger partial charge in [-0.05, 0) is 37.3 Å². The predicted molar refractivity (Wildman–Crippen MR) is 132 cm³/mol. The van der Waals surface area contributed by atoms with E-state index >= 15 is 0 Å². The van der Waals surface area contributed by atoms with Crippen molar-refractivity contribution in [3.05, 3.63) is 85.6 Å². The second-order valence-electron chi connectivity index (χ2n) is 8.28. The minimum Gasteiger partial charge on any atom is -0.385 e. The molecule has 0 amide bonds. The highest BCUT2D eigenvalue weighted by molar-refractivity contribution is 6.32. The van der Waals surface area contributed by atoms with Crippen molar-refractivity contribution in [1.29, 1.82) is 0 Å². The topological polar surface area (TPSA) is 98.1 Å². The molecule has 2 atom stereocenters. The number of hydrogen-bond donors (Lipinski definition) is 2. The van der Waals surface area contributed by atoms with Crippen molar-refractivity contribution in [2.45, 2.75) is 38.4 Å². The van der Waals surface area contributed by atoms with E-state index in [2.05, 4.69) is 10.1 Å². The van der Waals surface area contributed by atoms with Crippen LogP contribution < -0.4 is 5.69 Å². The molecule has 2 aromatic heterocycles. The Kier molecular flexibility index (Phi) is 7.91. The third-order valence-electron chi connectivity index (χ3n) is 5.47. The third-order valence-corrected chi connectivity index (χ3v) is 6.32. The summed E-state index contributed by atoms with van der Waals surface area (Å²) in [5.41, 5.74) is -0.730. The molecule has 0 bridgehead atoms. The van der Waals surface area contributed by atoms with Gasteiger partial charge >= 0.3 is 11.9 Å². The highest BCUT2D eigenvalue weighted by atomic mass is 35.5. The molecular formula is C23H18Cl3F4N5O3. The van der Waals surface area contributed by atoms with Crippen molar-refractivity contribution < 1.29 is 27.8 Å². The Labute approximate surface area is 227 Å². The first-order valence-corrected chi connectivity index (χ1v) is 12.0. The molecule has 0 fully saturated rings. The van der Waals surface area contributed by atoms with Gasteiger partial charge in [-0.3, -0.25) is 9.13 Å². The second kappa shape index (κ2) is 10.7. The molecule has 15 heteroatoms. The molecule has 0 saturated heterocycles.